The Labute approximate surface area is 70.4 Å². The molecule has 1 fully saturated rings. The molecular formula is C9H9NO2. The van der Waals surface area contributed by atoms with E-state index in [2.05, 4.69) is 0 Å². The zero-order chi connectivity index (χ0) is 8.72. The summed E-state index contributed by atoms with van der Waals surface area (Å²) < 4.78 is 0. The van der Waals surface area contributed by atoms with Gasteiger partial charge in [0.2, 0.25) is 0 Å². The van der Waals surface area contributed by atoms with Gasteiger partial charge in [0.05, 0.1) is 5.70 Å². The number of hydrogen-bond donors (Lipinski definition) is 0. The topological polar surface area (TPSA) is 37.4 Å². The second-order valence-electron chi connectivity index (χ2n) is 2.98. The summed E-state index contributed by atoms with van der Waals surface area (Å²) in [5.74, 6) is -0.766. The molecule has 62 valence electrons. The third kappa shape index (κ3) is 0.763. The van der Waals surface area contributed by atoms with Crippen LogP contribution in [0.4, 0.5) is 0 Å². The maximum Gasteiger partial charge on any atom is 0.299 e. The van der Waals surface area contributed by atoms with Crippen molar-refractivity contribution < 1.29 is 9.59 Å². The fourth-order valence-electron chi connectivity index (χ4n) is 1.57. The predicted molar refractivity (Wildman–Crippen MR) is 43.2 cm³/mol. The number of Topliss-reactive ketones (excluding diaryl/α,β-unsaturated/α-hetero) is 1. The first-order chi connectivity index (χ1) is 5.72. The molecule has 12 heavy (non-hydrogen) atoms. The third-order valence-corrected chi connectivity index (χ3v) is 2.23. The lowest BCUT2D eigenvalue weighted by Crippen LogP contribution is -2.21. The highest BCUT2D eigenvalue weighted by molar-refractivity contribution is 6.47. The first kappa shape index (κ1) is 7.28. The average Bonchev–Trinajstić information content (AvgIpc) is 2.33. The maximum atomic E-state index is 11.2. The number of allylic oxidation sites excluding steroid dienone is 3. The molecule has 1 aliphatic carbocycles. The van der Waals surface area contributed by atoms with E-state index in [4.69, 9.17) is 0 Å². The highest BCUT2D eigenvalue weighted by Crippen LogP contribution is 2.28. The van der Waals surface area contributed by atoms with Gasteiger partial charge in [-0.3, -0.25) is 9.59 Å². The molecule has 0 saturated carbocycles. The maximum absolute atomic E-state index is 11.2. The van der Waals surface area contributed by atoms with Crippen LogP contribution < -0.4 is 0 Å². The van der Waals surface area contributed by atoms with Gasteiger partial charge in [-0.05, 0) is 12.8 Å². The molecule has 0 radical (unpaired) electrons. The Morgan fingerprint density at radius 2 is 1.92 bits per heavy atom. The fourth-order valence-corrected chi connectivity index (χ4v) is 1.57. The first-order valence-corrected chi connectivity index (χ1v) is 3.95. The van der Waals surface area contributed by atoms with E-state index >= 15 is 0 Å². The Bertz CT molecular complexity index is 325. The van der Waals surface area contributed by atoms with E-state index in [1.54, 1.807) is 7.05 Å². The minimum absolute atomic E-state index is 0.358. The second-order valence-corrected chi connectivity index (χ2v) is 2.98. The van der Waals surface area contributed by atoms with Crippen LogP contribution in [0.1, 0.15) is 12.8 Å². The summed E-state index contributed by atoms with van der Waals surface area (Å²) in [6.07, 6.45) is 5.58. The van der Waals surface area contributed by atoms with Crippen molar-refractivity contribution in [2.45, 2.75) is 12.8 Å². The van der Waals surface area contributed by atoms with Crippen molar-refractivity contribution in [3.63, 3.8) is 0 Å². The van der Waals surface area contributed by atoms with Crippen LogP contribution >= 0.6 is 0 Å². The molecule has 2 aliphatic rings. The van der Waals surface area contributed by atoms with E-state index in [0.29, 0.717) is 5.57 Å². The zero-order valence-electron chi connectivity index (χ0n) is 6.83. The number of likely N-dealkylation sites (N-methyl/N-ethyl adjacent to an activating group) is 1. The molecule has 1 amide bonds. The molecule has 0 atom stereocenters. The zero-order valence-corrected chi connectivity index (χ0v) is 6.83. The van der Waals surface area contributed by atoms with Gasteiger partial charge in [-0.1, -0.05) is 12.2 Å². The van der Waals surface area contributed by atoms with Gasteiger partial charge in [-0.2, -0.15) is 0 Å². The summed E-state index contributed by atoms with van der Waals surface area (Å²) in [4.78, 5) is 23.8. The van der Waals surface area contributed by atoms with Gasteiger partial charge in [-0.25, -0.2) is 0 Å². The van der Waals surface area contributed by atoms with Crippen LogP contribution in [0, 0.1) is 0 Å². The van der Waals surface area contributed by atoms with Crippen LogP contribution in [0.15, 0.2) is 23.4 Å². The van der Waals surface area contributed by atoms with Crippen LogP contribution in [-0.4, -0.2) is 23.6 Å². The summed E-state index contributed by atoms with van der Waals surface area (Å²) in [7, 11) is 1.64. The van der Waals surface area contributed by atoms with Crippen molar-refractivity contribution in [3.8, 4) is 0 Å². The minimum atomic E-state index is -0.408. The molecule has 0 aromatic carbocycles. The van der Waals surface area contributed by atoms with Gasteiger partial charge in [0.15, 0.2) is 0 Å². The van der Waals surface area contributed by atoms with E-state index < -0.39 is 5.91 Å². The molecule has 0 aromatic rings. The van der Waals surface area contributed by atoms with Crippen molar-refractivity contribution in [1.29, 1.82) is 0 Å². The van der Waals surface area contributed by atoms with Gasteiger partial charge in [-0.15, -0.1) is 0 Å². The van der Waals surface area contributed by atoms with E-state index in [1.165, 1.54) is 4.90 Å². The van der Waals surface area contributed by atoms with Crippen molar-refractivity contribution in [2.75, 3.05) is 7.05 Å². The fraction of sp³-hybridized carbons (Fsp3) is 0.333. The number of carbonyl (C=O) groups is 2. The van der Waals surface area contributed by atoms with Crippen LogP contribution in [0.25, 0.3) is 0 Å². The molecule has 0 aromatic heterocycles. The van der Waals surface area contributed by atoms with Gasteiger partial charge < -0.3 is 4.90 Å². The molecular weight excluding hydrogens is 154 g/mol. The Morgan fingerprint density at radius 1 is 1.25 bits per heavy atom. The van der Waals surface area contributed by atoms with Gasteiger partial charge in [0.25, 0.3) is 11.7 Å². The SMILES string of the molecule is CN1C(=O)C(=O)C2=CCCC=C21. The molecule has 3 nitrogen and oxygen atoms in total. The molecule has 1 aliphatic heterocycles. The number of amides is 1. The first-order valence-electron chi connectivity index (χ1n) is 3.95. The number of fused-ring (bicyclic) bond motifs is 1. The number of ketones is 1. The summed E-state index contributed by atoms with van der Waals surface area (Å²) in [6.45, 7) is 0. The van der Waals surface area contributed by atoms with Crippen LogP contribution in [0.3, 0.4) is 0 Å². The highest BCUT2D eigenvalue weighted by atomic mass is 16.2. The Kier molecular flexibility index (Phi) is 1.40. The summed E-state index contributed by atoms with van der Waals surface area (Å²) >= 11 is 0. The molecule has 2 rings (SSSR count). The molecule has 0 unspecified atom stereocenters. The monoisotopic (exact) mass is 163 g/mol. The van der Waals surface area contributed by atoms with E-state index in [9.17, 15) is 9.59 Å². The largest absolute Gasteiger partial charge is 0.308 e. The number of rotatable bonds is 0. The quantitative estimate of drug-likeness (QED) is 0.491. The Morgan fingerprint density at radius 3 is 2.58 bits per heavy atom. The number of likely N-dealkylation sites (tertiary alicyclic amines) is 1. The molecule has 1 heterocycles. The van der Waals surface area contributed by atoms with E-state index in [0.717, 1.165) is 18.5 Å². The van der Waals surface area contributed by atoms with Crippen molar-refractivity contribution in [2.24, 2.45) is 0 Å². The molecule has 0 spiro atoms. The Hall–Kier alpha value is -1.38. The Balaban J connectivity index is 2.51. The predicted octanol–water partition coefficient (Wildman–Crippen LogP) is 0.632. The van der Waals surface area contributed by atoms with Crippen molar-refractivity contribution >= 4 is 11.7 Å². The summed E-state index contributed by atoms with van der Waals surface area (Å²) in [5.41, 5.74) is 1.38. The van der Waals surface area contributed by atoms with Crippen LogP contribution in [0.5, 0.6) is 0 Å². The van der Waals surface area contributed by atoms with Gasteiger partial charge in [0, 0.05) is 12.6 Å². The van der Waals surface area contributed by atoms with Gasteiger partial charge >= 0.3 is 0 Å². The van der Waals surface area contributed by atoms with E-state index in [1.807, 2.05) is 12.2 Å². The molecule has 0 bridgehead atoms. The second kappa shape index (κ2) is 2.30. The lowest BCUT2D eigenvalue weighted by atomic mass is 10.0. The highest BCUT2D eigenvalue weighted by Gasteiger charge is 2.36. The lowest BCUT2D eigenvalue weighted by Gasteiger charge is -2.11. The van der Waals surface area contributed by atoms with Crippen LogP contribution in [-0.2, 0) is 9.59 Å². The van der Waals surface area contributed by atoms with Crippen molar-refractivity contribution in [3.05, 3.63) is 23.4 Å². The standard InChI is InChI=1S/C9H9NO2/c1-10-7-5-3-2-4-6(7)8(11)9(10)12/h4-5H,2-3H2,1H3. The molecule has 3 heteroatoms. The number of carbonyl (C=O) groups excluding carboxylic acids is 2. The van der Waals surface area contributed by atoms with Gasteiger partial charge in [0.1, 0.15) is 0 Å². The normalized spacial score (nSPS) is 22.2. The van der Waals surface area contributed by atoms with E-state index in [-0.39, 0.29) is 5.78 Å². The van der Waals surface area contributed by atoms with Crippen molar-refractivity contribution in [1.82, 2.24) is 4.90 Å². The lowest BCUT2D eigenvalue weighted by molar-refractivity contribution is -0.138. The smallest absolute Gasteiger partial charge is 0.299 e. The number of hydrogen-bond acceptors (Lipinski definition) is 2. The van der Waals surface area contributed by atoms with Crippen LogP contribution in [0.2, 0.25) is 0 Å². The minimum Gasteiger partial charge on any atom is -0.308 e. The average molecular weight is 163 g/mol. The molecule has 0 N–H and O–H groups in total. The summed E-state index contributed by atoms with van der Waals surface area (Å²) in [6, 6.07) is 0. The molecule has 1 saturated heterocycles. The third-order valence-electron chi connectivity index (χ3n) is 2.23. The number of nitrogens with zero attached hydrogens (tertiary/aromatic N) is 1. The summed E-state index contributed by atoms with van der Waals surface area (Å²) in [5, 5.41) is 0.